The Kier molecular flexibility index (Phi) is 3.57. The maximum absolute atomic E-state index is 2.16. The molecular weight excluding hydrogens is 122 g/mol. The van der Waals surface area contributed by atoms with Crippen LogP contribution >= 0.6 is 0 Å². The third kappa shape index (κ3) is 1.68. The van der Waals surface area contributed by atoms with Crippen LogP contribution in [0.1, 0.15) is 6.92 Å². The largest absolute Gasteiger partial charge is 1.00 e. The molecular formula is C6H10ClN. The lowest BCUT2D eigenvalue weighted by atomic mass is 10.6. The van der Waals surface area contributed by atoms with Crippen LogP contribution in [0.2, 0.25) is 0 Å². The predicted molar refractivity (Wildman–Crippen MR) is 29.8 cm³/mol. The molecule has 0 aromatic heterocycles. The van der Waals surface area contributed by atoms with E-state index in [-0.39, 0.29) is 12.4 Å². The zero-order chi connectivity index (χ0) is 5.11. The Morgan fingerprint density at radius 1 is 1.25 bits per heavy atom. The summed E-state index contributed by atoms with van der Waals surface area (Å²) >= 11 is 0. The lowest BCUT2D eigenvalue weighted by Crippen LogP contribution is -3.01. The summed E-state index contributed by atoms with van der Waals surface area (Å²) in [5.41, 5.74) is 0. The van der Waals surface area contributed by atoms with Gasteiger partial charge in [0.1, 0.15) is 0 Å². The van der Waals surface area contributed by atoms with Gasteiger partial charge in [-0.2, -0.15) is 0 Å². The number of quaternary nitrogens is 1. The summed E-state index contributed by atoms with van der Waals surface area (Å²) in [6.07, 6.45) is 8.41. The number of hydrogen-bond donors (Lipinski definition) is 1. The molecule has 0 aromatic carbocycles. The van der Waals surface area contributed by atoms with E-state index in [9.17, 15) is 0 Å². The topological polar surface area (TPSA) is 4.44 Å². The van der Waals surface area contributed by atoms with Crippen molar-refractivity contribution in [1.29, 1.82) is 0 Å². The van der Waals surface area contributed by atoms with E-state index in [4.69, 9.17) is 0 Å². The minimum Gasteiger partial charge on any atom is -1.00 e. The van der Waals surface area contributed by atoms with Crippen LogP contribution in [0.25, 0.3) is 0 Å². The molecule has 46 valence electrons. The van der Waals surface area contributed by atoms with E-state index in [1.165, 1.54) is 4.90 Å². The maximum atomic E-state index is 2.16. The van der Waals surface area contributed by atoms with Crippen LogP contribution in [0, 0.1) is 0 Å². The van der Waals surface area contributed by atoms with Crippen molar-refractivity contribution in [2.45, 2.75) is 6.92 Å². The second-order valence-electron chi connectivity index (χ2n) is 1.65. The van der Waals surface area contributed by atoms with E-state index in [1.807, 2.05) is 0 Å². The van der Waals surface area contributed by atoms with E-state index in [1.54, 1.807) is 0 Å². The molecule has 8 heavy (non-hydrogen) atoms. The van der Waals surface area contributed by atoms with Crippen molar-refractivity contribution < 1.29 is 17.3 Å². The van der Waals surface area contributed by atoms with Gasteiger partial charge in [0, 0.05) is 0 Å². The third-order valence-corrected chi connectivity index (χ3v) is 1.14. The molecule has 0 amide bonds. The summed E-state index contributed by atoms with van der Waals surface area (Å²) in [6, 6.07) is 0. The minimum absolute atomic E-state index is 0. The number of rotatable bonds is 1. The number of hydrogen-bond acceptors (Lipinski definition) is 0. The molecule has 1 nitrogen and oxygen atoms in total. The van der Waals surface area contributed by atoms with Crippen LogP contribution in [0.4, 0.5) is 0 Å². The first-order chi connectivity index (χ1) is 3.43. The smallest absolute Gasteiger partial charge is 0.0989 e. The van der Waals surface area contributed by atoms with Crippen LogP contribution in [0.3, 0.4) is 0 Å². The van der Waals surface area contributed by atoms with Crippen molar-refractivity contribution in [2.75, 3.05) is 6.54 Å². The molecule has 0 aromatic rings. The van der Waals surface area contributed by atoms with Gasteiger partial charge >= 0.3 is 0 Å². The Bertz CT molecular complexity index is 95.1. The first kappa shape index (κ1) is 7.73. The van der Waals surface area contributed by atoms with Crippen LogP contribution in [-0.2, 0) is 0 Å². The lowest BCUT2D eigenvalue weighted by molar-refractivity contribution is -0.785. The maximum Gasteiger partial charge on any atom is 0.0989 e. The highest BCUT2D eigenvalue weighted by molar-refractivity contribution is 5.00. The van der Waals surface area contributed by atoms with Gasteiger partial charge in [-0.15, -0.1) is 0 Å². The fraction of sp³-hybridized carbons (Fsp3) is 0.333. The summed E-state index contributed by atoms with van der Waals surface area (Å²) in [5, 5.41) is 0. The normalized spacial score (nSPS) is 16.6. The van der Waals surface area contributed by atoms with Gasteiger partial charge in [0.2, 0.25) is 0 Å². The minimum atomic E-state index is 0. The van der Waals surface area contributed by atoms with Gasteiger partial charge in [0.25, 0.3) is 0 Å². The van der Waals surface area contributed by atoms with Gasteiger partial charge in [0.05, 0.1) is 18.9 Å². The highest BCUT2D eigenvalue weighted by Gasteiger charge is 1.96. The van der Waals surface area contributed by atoms with Gasteiger partial charge in [-0.3, -0.25) is 4.90 Å². The van der Waals surface area contributed by atoms with Crippen molar-refractivity contribution >= 4 is 0 Å². The predicted octanol–water partition coefficient (Wildman–Crippen LogP) is -3.06. The summed E-state index contributed by atoms with van der Waals surface area (Å²) in [4.78, 5) is 1.43. The van der Waals surface area contributed by atoms with Crippen LogP contribution in [-0.4, -0.2) is 6.54 Å². The molecule has 0 radical (unpaired) electrons. The second-order valence-corrected chi connectivity index (χ2v) is 1.65. The number of nitrogens with one attached hydrogen (secondary N) is 1. The summed E-state index contributed by atoms with van der Waals surface area (Å²) in [5.74, 6) is 0. The van der Waals surface area contributed by atoms with Gasteiger partial charge in [-0.25, -0.2) is 0 Å². The first-order valence-electron chi connectivity index (χ1n) is 2.64. The highest BCUT2D eigenvalue weighted by Crippen LogP contribution is 1.73. The Balaban J connectivity index is 0.000000490. The average Bonchev–Trinajstić information content (AvgIpc) is 2.14. The molecule has 0 bridgehead atoms. The fourth-order valence-electron chi connectivity index (χ4n) is 0.650. The van der Waals surface area contributed by atoms with Crippen molar-refractivity contribution in [1.82, 2.24) is 0 Å². The third-order valence-electron chi connectivity index (χ3n) is 1.14. The second kappa shape index (κ2) is 3.70. The van der Waals surface area contributed by atoms with Crippen molar-refractivity contribution in [3.8, 4) is 0 Å². The quantitative estimate of drug-likeness (QED) is 0.386. The van der Waals surface area contributed by atoms with Crippen LogP contribution in [0.15, 0.2) is 24.6 Å². The van der Waals surface area contributed by atoms with Gasteiger partial charge in [-0.1, -0.05) is 0 Å². The average molecular weight is 132 g/mol. The van der Waals surface area contributed by atoms with E-state index < -0.39 is 0 Å². The SMILES string of the molecule is CC[NH+]1C=CC=C1.[Cl-]. The van der Waals surface area contributed by atoms with Crippen LogP contribution in [0.5, 0.6) is 0 Å². The van der Waals surface area contributed by atoms with E-state index in [0.29, 0.717) is 0 Å². The fourth-order valence-corrected chi connectivity index (χ4v) is 0.650. The molecule has 1 aliphatic rings. The summed E-state index contributed by atoms with van der Waals surface area (Å²) in [7, 11) is 0. The molecule has 0 unspecified atom stereocenters. The zero-order valence-corrected chi connectivity index (χ0v) is 5.65. The number of halogens is 1. The standard InChI is InChI=1S/C6H9N.ClH/c1-2-7-5-3-4-6-7;/h3-6H,2H2,1H3;1H. The molecule has 0 saturated heterocycles. The molecule has 0 atom stereocenters. The van der Waals surface area contributed by atoms with Crippen LogP contribution < -0.4 is 17.3 Å². The van der Waals surface area contributed by atoms with Gasteiger partial charge in [-0.05, 0) is 19.1 Å². The molecule has 2 heteroatoms. The summed E-state index contributed by atoms with van der Waals surface area (Å²) < 4.78 is 0. The van der Waals surface area contributed by atoms with E-state index in [0.717, 1.165) is 6.54 Å². The Morgan fingerprint density at radius 3 is 2.00 bits per heavy atom. The molecule has 1 heterocycles. The Morgan fingerprint density at radius 2 is 1.75 bits per heavy atom. The van der Waals surface area contributed by atoms with Crippen molar-refractivity contribution in [3.63, 3.8) is 0 Å². The lowest BCUT2D eigenvalue weighted by Gasteiger charge is -1.98. The zero-order valence-electron chi connectivity index (χ0n) is 4.89. The summed E-state index contributed by atoms with van der Waals surface area (Å²) in [6.45, 7) is 3.32. The first-order valence-corrected chi connectivity index (χ1v) is 2.64. The van der Waals surface area contributed by atoms with E-state index in [2.05, 4.69) is 31.5 Å². The molecule has 0 fully saturated rings. The van der Waals surface area contributed by atoms with Gasteiger partial charge in [0.15, 0.2) is 0 Å². The molecule has 1 rings (SSSR count). The molecule has 1 N–H and O–H groups in total. The Hall–Kier alpha value is -0.270. The van der Waals surface area contributed by atoms with E-state index >= 15 is 0 Å². The van der Waals surface area contributed by atoms with Gasteiger partial charge < -0.3 is 12.4 Å². The molecule has 0 saturated carbocycles. The monoisotopic (exact) mass is 131 g/mol. The molecule has 0 aliphatic carbocycles. The van der Waals surface area contributed by atoms with Crippen molar-refractivity contribution in [2.24, 2.45) is 0 Å². The van der Waals surface area contributed by atoms with Crippen molar-refractivity contribution in [3.05, 3.63) is 24.6 Å². The highest BCUT2D eigenvalue weighted by atomic mass is 35.5. The Labute approximate surface area is 56.1 Å². The molecule has 0 spiro atoms. The molecule has 1 aliphatic heterocycles. The number of allylic oxidation sites excluding steroid dienone is 2.